The summed E-state index contributed by atoms with van der Waals surface area (Å²) in [6.07, 6.45) is 0. The first-order valence-corrected chi connectivity index (χ1v) is 5.92. The highest BCUT2D eigenvalue weighted by molar-refractivity contribution is 6.33. The predicted molar refractivity (Wildman–Crippen MR) is 69.4 cm³/mol. The summed E-state index contributed by atoms with van der Waals surface area (Å²) >= 11 is 6.22. The average molecular weight is 267 g/mol. The monoisotopic (exact) mass is 266 g/mol. The molecule has 18 heavy (non-hydrogen) atoms. The summed E-state index contributed by atoms with van der Waals surface area (Å²) < 4.78 is 12.9. The van der Waals surface area contributed by atoms with E-state index < -0.39 is 5.69 Å². The number of rotatable bonds is 2. The molecule has 5 heteroatoms. The van der Waals surface area contributed by atoms with Crippen LogP contribution in [0.4, 0.5) is 4.39 Å². The summed E-state index contributed by atoms with van der Waals surface area (Å²) in [5.74, 6) is -0.267. The van der Waals surface area contributed by atoms with Gasteiger partial charge in [-0.2, -0.15) is 4.98 Å². The minimum atomic E-state index is -0.456. The minimum Gasteiger partial charge on any atom is -0.308 e. The van der Waals surface area contributed by atoms with Gasteiger partial charge in [-0.1, -0.05) is 25.4 Å². The van der Waals surface area contributed by atoms with Crippen LogP contribution in [-0.2, 0) is 0 Å². The Hall–Kier alpha value is -1.68. The van der Waals surface area contributed by atoms with Crippen molar-refractivity contribution in [1.82, 2.24) is 9.97 Å². The van der Waals surface area contributed by atoms with Crippen molar-refractivity contribution in [1.29, 1.82) is 0 Å². The molecular formula is C13H12ClFN2O. The molecule has 0 saturated carbocycles. The van der Waals surface area contributed by atoms with Crippen LogP contribution in [0.3, 0.4) is 0 Å². The van der Waals surface area contributed by atoms with Gasteiger partial charge in [0.25, 0.3) is 0 Å². The number of hydrogen-bond donors (Lipinski definition) is 1. The molecule has 0 aliphatic carbocycles. The highest BCUT2D eigenvalue weighted by Gasteiger charge is 2.14. The molecule has 2 aromatic rings. The fourth-order valence-electron chi connectivity index (χ4n) is 1.67. The van der Waals surface area contributed by atoms with E-state index in [-0.39, 0.29) is 11.7 Å². The molecule has 0 unspecified atom stereocenters. The highest BCUT2D eigenvalue weighted by Crippen LogP contribution is 2.30. The molecule has 0 fully saturated rings. The first kappa shape index (κ1) is 12.8. The second-order valence-electron chi connectivity index (χ2n) is 4.28. The molecule has 1 N–H and O–H groups in total. The lowest BCUT2D eigenvalue weighted by Gasteiger charge is -2.10. The lowest BCUT2D eigenvalue weighted by Crippen LogP contribution is -2.15. The van der Waals surface area contributed by atoms with Crippen molar-refractivity contribution >= 4 is 11.6 Å². The maximum atomic E-state index is 12.9. The summed E-state index contributed by atoms with van der Waals surface area (Å²) in [5, 5.41) is 0.399. The van der Waals surface area contributed by atoms with Crippen LogP contribution in [0.2, 0.25) is 5.02 Å². The van der Waals surface area contributed by atoms with E-state index in [1.165, 1.54) is 12.1 Å². The molecule has 94 valence electrons. The smallest absolute Gasteiger partial charge is 0.308 e. The van der Waals surface area contributed by atoms with Crippen molar-refractivity contribution in [2.75, 3.05) is 0 Å². The van der Waals surface area contributed by atoms with E-state index >= 15 is 0 Å². The van der Waals surface area contributed by atoms with Crippen LogP contribution < -0.4 is 5.69 Å². The summed E-state index contributed by atoms with van der Waals surface area (Å²) in [7, 11) is 0. The average Bonchev–Trinajstić information content (AvgIpc) is 2.32. The van der Waals surface area contributed by atoms with E-state index in [9.17, 15) is 9.18 Å². The second-order valence-corrected chi connectivity index (χ2v) is 4.66. The molecule has 0 atom stereocenters. The molecule has 0 aliphatic rings. The zero-order valence-corrected chi connectivity index (χ0v) is 10.8. The maximum Gasteiger partial charge on any atom is 0.345 e. The van der Waals surface area contributed by atoms with Gasteiger partial charge < -0.3 is 4.98 Å². The Balaban J connectivity index is 2.64. The first-order valence-electron chi connectivity index (χ1n) is 5.54. The van der Waals surface area contributed by atoms with Gasteiger partial charge in [-0.15, -0.1) is 0 Å². The predicted octanol–water partition coefficient (Wildman–Crippen LogP) is 3.35. The van der Waals surface area contributed by atoms with Crippen molar-refractivity contribution < 1.29 is 4.39 Å². The number of H-pyrrole nitrogens is 1. The molecule has 0 radical (unpaired) electrons. The Morgan fingerprint density at radius 2 is 1.89 bits per heavy atom. The Morgan fingerprint density at radius 3 is 2.44 bits per heavy atom. The number of nitrogens with one attached hydrogen (secondary N) is 1. The van der Waals surface area contributed by atoms with E-state index in [1.807, 2.05) is 13.8 Å². The summed E-state index contributed by atoms with van der Waals surface area (Å²) in [6, 6.07) is 5.72. The molecule has 1 aromatic heterocycles. The standard InChI is InChI=1S/C13H12ClFN2O/c1-7(2)11-10(14)12(17-13(18)16-11)8-3-5-9(15)6-4-8/h3-7H,1-2H3,(H,16,17,18). The molecule has 1 heterocycles. The maximum absolute atomic E-state index is 12.9. The van der Waals surface area contributed by atoms with Gasteiger partial charge in [-0.05, 0) is 30.2 Å². The topological polar surface area (TPSA) is 45.8 Å². The molecule has 3 nitrogen and oxygen atoms in total. The van der Waals surface area contributed by atoms with Crippen molar-refractivity contribution in [3.63, 3.8) is 0 Å². The Morgan fingerprint density at radius 1 is 1.28 bits per heavy atom. The van der Waals surface area contributed by atoms with Crippen molar-refractivity contribution in [2.24, 2.45) is 0 Å². The fraction of sp³-hybridized carbons (Fsp3) is 0.231. The van der Waals surface area contributed by atoms with Crippen molar-refractivity contribution in [2.45, 2.75) is 19.8 Å². The van der Waals surface area contributed by atoms with Crippen LogP contribution in [0, 0.1) is 5.82 Å². The highest BCUT2D eigenvalue weighted by atomic mass is 35.5. The van der Waals surface area contributed by atoms with Crippen molar-refractivity contribution in [3.05, 3.63) is 51.3 Å². The summed E-state index contributed by atoms with van der Waals surface area (Å²) in [6.45, 7) is 3.84. The van der Waals surface area contributed by atoms with E-state index in [0.29, 0.717) is 22.0 Å². The van der Waals surface area contributed by atoms with Gasteiger partial charge in [0.15, 0.2) is 0 Å². The van der Waals surface area contributed by atoms with Crippen LogP contribution in [-0.4, -0.2) is 9.97 Å². The fourth-order valence-corrected chi connectivity index (χ4v) is 2.09. The van der Waals surface area contributed by atoms with Gasteiger partial charge in [0.1, 0.15) is 5.82 Å². The Kier molecular flexibility index (Phi) is 3.48. The number of aromatic nitrogens is 2. The lowest BCUT2D eigenvalue weighted by atomic mass is 10.1. The van der Waals surface area contributed by atoms with Gasteiger partial charge in [-0.25, -0.2) is 9.18 Å². The first-order chi connectivity index (χ1) is 8.49. The molecule has 0 spiro atoms. The van der Waals surface area contributed by atoms with Crippen LogP contribution in [0.15, 0.2) is 29.1 Å². The van der Waals surface area contributed by atoms with Crippen LogP contribution >= 0.6 is 11.6 Å². The zero-order chi connectivity index (χ0) is 13.3. The Bertz CT molecular complexity index is 620. The van der Waals surface area contributed by atoms with Gasteiger partial charge in [0.05, 0.1) is 10.7 Å². The molecule has 0 bridgehead atoms. The SMILES string of the molecule is CC(C)c1[nH]c(=O)nc(-c2ccc(F)cc2)c1Cl. The minimum absolute atomic E-state index is 0.0763. The van der Waals surface area contributed by atoms with Crippen LogP contribution in [0.1, 0.15) is 25.5 Å². The van der Waals surface area contributed by atoms with Crippen molar-refractivity contribution in [3.8, 4) is 11.3 Å². The van der Waals surface area contributed by atoms with E-state index in [0.717, 1.165) is 0 Å². The van der Waals surface area contributed by atoms with Gasteiger partial charge in [-0.3, -0.25) is 0 Å². The summed E-state index contributed by atoms with van der Waals surface area (Å²) in [5.41, 5.74) is 1.18. The number of aromatic amines is 1. The second kappa shape index (κ2) is 4.90. The number of benzene rings is 1. The van der Waals surface area contributed by atoms with E-state index in [4.69, 9.17) is 11.6 Å². The molecule has 0 saturated heterocycles. The molecule has 2 rings (SSSR count). The number of nitrogens with zero attached hydrogens (tertiary/aromatic N) is 1. The van der Waals surface area contributed by atoms with Gasteiger partial charge in [0.2, 0.25) is 0 Å². The number of hydrogen-bond acceptors (Lipinski definition) is 2. The third-order valence-corrected chi connectivity index (χ3v) is 2.98. The largest absolute Gasteiger partial charge is 0.345 e. The molecule has 0 aliphatic heterocycles. The van der Waals surface area contributed by atoms with Crippen LogP contribution in [0.5, 0.6) is 0 Å². The van der Waals surface area contributed by atoms with Gasteiger partial charge in [0, 0.05) is 11.3 Å². The normalized spacial score (nSPS) is 10.9. The summed E-state index contributed by atoms with van der Waals surface area (Å²) in [4.78, 5) is 18.0. The Labute approximate surface area is 109 Å². The number of halogens is 2. The quantitative estimate of drug-likeness (QED) is 0.906. The van der Waals surface area contributed by atoms with Crippen LogP contribution in [0.25, 0.3) is 11.3 Å². The molecule has 1 aromatic carbocycles. The zero-order valence-electron chi connectivity index (χ0n) is 10.00. The van der Waals surface area contributed by atoms with E-state index in [2.05, 4.69) is 9.97 Å². The molecule has 0 amide bonds. The van der Waals surface area contributed by atoms with E-state index in [1.54, 1.807) is 12.1 Å². The van der Waals surface area contributed by atoms with Gasteiger partial charge >= 0.3 is 5.69 Å². The third-order valence-electron chi connectivity index (χ3n) is 2.59. The molecular weight excluding hydrogens is 255 g/mol. The lowest BCUT2D eigenvalue weighted by molar-refractivity contribution is 0.628. The third kappa shape index (κ3) is 2.43.